The molecule has 0 radical (unpaired) electrons. The van der Waals surface area contributed by atoms with Crippen LogP contribution in [0.1, 0.15) is 58.2 Å². The smallest absolute Gasteiger partial charge is 0.253 e. The highest BCUT2D eigenvalue weighted by molar-refractivity contribution is 14.1. The van der Waals surface area contributed by atoms with Crippen LogP contribution in [0.15, 0.2) is 45.0 Å². The van der Waals surface area contributed by atoms with Crippen LogP contribution in [0.4, 0.5) is 0 Å². The molecule has 152 valence electrons. The van der Waals surface area contributed by atoms with Gasteiger partial charge in [-0.3, -0.25) is 9.48 Å². The maximum atomic E-state index is 12.5. The molecule has 1 atom stereocenters. The van der Waals surface area contributed by atoms with E-state index >= 15 is 0 Å². The first-order valence-electron chi connectivity index (χ1n) is 10.1. The number of likely N-dealkylation sites (tertiary alicyclic amines) is 1. The summed E-state index contributed by atoms with van der Waals surface area (Å²) in [4.78, 5) is 14.5. The molecule has 4 nitrogen and oxygen atoms in total. The Bertz CT molecular complexity index is 984. The quantitative estimate of drug-likeness (QED) is 0.483. The third-order valence-electron chi connectivity index (χ3n) is 5.87. The number of aromatic nitrogens is 2. The number of carbonyl (C=O) groups is 1. The first kappa shape index (κ1) is 20.7. The van der Waals surface area contributed by atoms with Crippen molar-refractivity contribution in [3.8, 4) is 0 Å². The van der Waals surface area contributed by atoms with Crippen LogP contribution >= 0.6 is 34.2 Å². The van der Waals surface area contributed by atoms with Gasteiger partial charge < -0.3 is 4.90 Å². The molecule has 2 aliphatic rings. The Morgan fingerprint density at radius 2 is 1.90 bits per heavy atom. The highest BCUT2D eigenvalue weighted by Gasteiger charge is 2.21. The minimum absolute atomic E-state index is 0.151. The van der Waals surface area contributed by atoms with E-state index in [4.69, 9.17) is 16.7 Å². The molecule has 0 spiro atoms. The van der Waals surface area contributed by atoms with E-state index in [-0.39, 0.29) is 11.9 Å². The topological polar surface area (TPSA) is 38.1 Å². The lowest BCUT2D eigenvalue weighted by molar-refractivity contribution is 0.0793. The Morgan fingerprint density at radius 3 is 2.55 bits per heavy atom. The van der Waals surface area contributed by atoms with Gasteiger partial charge in [0.2, 0.25) is 0 Å². The van der Waals surface area contributed by atoms with Crippen LogP contribution in [0.2, 0.25) is 0 Å². The lowest BCUT2D eigenvalue weighted by Gasteiger charge is -2.19. The lowest BCUT2D eigenvalue weighted by atomic mass is 10.0. The lowest BCUT2D eigenvalue weighted by Crippen LogP contribution is -2.27. The number of carbonyl (C=O) groups excluding carboxylic acids is 1. The maximum Gasteiger partial charge on any atom is 0.253 e. The summed E-state index contributed by atoms with van der Waals surface area (Å²) in [6, 6.07) is 8.22. The van der Waals surface area contributed by atoms with Gasteiger partial charge in [0.25, 0.3) is 5.91 Å². The molecule has 1 fully saturated rings. The van der Waals surface area contributed by atoms with Gasteiger partial charge in [-0.15, -0.1) is 0 Å². The fourth-order valence-electron chi connectivity index (χ4n) is 4.16. The molecule has 2 heterocycles. The minimum Gasteiger partial charge on any atom is -0.339 e. The minimum atomic E-state index is 0.151. The Hall–Kier alpha value is -1.60. The highest BCUT2D eigenvalue weighted by Crippen LogP contribution is 2.33. The number of nitrogens with zero attached hydrogens (tertiary/aromatic N) is 3. The molecule has 1 aromatic heterocycles. The summed E-state index contributed by atoms with van der Waals surface area (Å²) in [5, 5.41) is 5.61. The van der Waals surface area contributed by atoms with E-state index in [0.717, 1.165) is 58.6 Å². The van der Waals surface area contributed by atoms with E-state index < -0.39 is 0 Å². The number of halogens is 2. The molecule has 1 aliphatic carbocycles. The molecular weight excluding hydrogens is 497 g/mol. The van der Waals surface area contributed by atoms with E-state index in [1.807, 2.05) is 17.0 Å². The van der Waals surface area contributed by atoms with Gasteiger partial charge >= 0.3 is 0 Å². The summed E-state index contributed by atoms with van der Waals surface area (Å²) in [5.41, 5.74) is 5.45. The summed E-state index contributed by atoms with van der Waals surface area (Å²) < 4.78 is 3.20. The van der Waals surface area contributed by atoms with Crippen molar-refractivity contribution < 1.29 is 4.79 Å². The number of hydrogen-bond acceptors (Lipinski definition) is 2. The molecule has 1 aromatic carbocycles. The molecule has 1 saturated heterocycles. The largest absolute Gasteiger partial charge is 0.339 e. The van der Waals surface area contributed by atoms with E-state index in [0.29, 0.717) is 0 Å². The average molecular weight is 522 g/mol. The number of allylic oxidation sites excluding steroid dienone is 4. The highest BCUT2D eigenvalue weighted by atomic mass is 127. The third-order valence-corrected chi connectivity index (χ3v) is 7.54. The van der Waals surface area contributed by atoms with Crippen LogP contribution in [0, 0.1) is 13.8 Å². The zero-order chi connectivity index (χ0) is 20.5. The summed E-state index contributed by atoms with van der Waals surface area (Å²) in [6.45, 7) is 5.96. The number of hydrogen-bond donors (Lipinski definition) is 0. The fourth-order valence-corrected chi connectivity index (χ4v) is 4.81. The van der Waals surface area contributed by atoms with Crippen LogP contribution in [0.3, 0.4) is 0 Å². The van der Waals surface area contributed by atoms with E-state index in [1.165, 1.54) is 16.8 Å². The third kappa shape index (κ3) is 4.31. The molecule has 1 aliphatic heterocycles. The van der Waals surface area contributed by atoms with Crippen molar-refractivity contribution in [3.63, 3.8) is 0 Å². The fraction of sp³-hybridized carbons (Fsp3) is 0.391. The van der Waals surface area contributed by atoms with Gasteiger partial charge in [-0.05, 0) is 79.5 Å². The van der Waals surface area contributed by atoms with Crippen molar-refractivity contribution in [2.75, 3.05) is 13.1 Å². The van der Waals surface area contributed by atoms with Gasteiger partial charge in [0.05, 0.1) is 16.8 Å². The number of rotatable bonds is 4. The normalized spacial score (nSPS) is 19.3. The van der Waals surface area contributed by atoms with Crippen LogP contribution < -0.4 is 0 Å². The predicted molar refractivity (Wildman–Crippen MR) is 126 cm³/mol. The van der Waals surface area contributed by atoms with Gasteiger partial charge in [0, 0.05) is 39.9 Å². The van der Waals surface area contributed by atoms with Crippen LogP contribution in [0.5, 0.6) is 0 Å². The van der Waals surface area contributed by atoms with Gasteiger partial charge in [-0.25, -0.2) is 0 Å². The molecule has 0 N–H and O–H groups in total. The van der Waals surface area contributed by atoms with E-state index in [9.17, 15) is 4.79 Å². The maximum absolute atomic E-state index is 12.5. The van der Waals surface area contributed by atoms with Crippen molar-refractivity contribution >= 4 is 40.1 Å². The second-order valence-corrected chi connectivity index (χ2v) is 9.41. The monoisotopic (exact) mass is 521 g/mol. The average Bonchev–Trinajstić information content (AvgIpc) is 3.35. The zero-order valence-electron chi connectivity index (χ0n) is 16.8. The summed E-state index contributed by atoms with van der Waals surface area (Å²) >= 11 is 8.61. The van der Waals surface area contributed by atoms with Crippen molar-refractivity contribution in [2.24, 2.45) is 0 Å². The molecule has 4 rings (SSSR count). The molecule has 1 unspecified atom stereocenters. The molecular formula is C23H25ClIN3O. The predicted octanol–water partition coefficient (Wildman–Crippen LogP) is 5.71. The molecule has 29 heavy (non-hydrogen) atoms. The van der Waals surface area contributed by atoms with Gasteiger partial charge in [0.15, 0.2) is 0 Å². The molecule has 2 aromatic rings. The first-order valence-corrected chi connectivity index (χ1v) is 11.6. The number of benzene rings is 1. The van der Waals surface area contributed by atoms with Gasteiger partial charge in [-0.2, -0.15) is 5.10 Å². The second-order valence-electron chi connectivity index (χ2n) is 7.84. The first-order chi connectivity index (χ1) is 13.9. The Labute approximate surface area is 190 Å². The number of aryl methyl sites for hydroxylation is 1. The van der Waals surface area contributed by atoms with Crippen molar-refractivity contribution in [2.45, 2.75) is 45.6 Å². The van der Waals surface area contributed by atoms with Gasteiger partial charge in [0.1, 0.15) is 0 Å². The van der Waals surface area contributed by atoms with Crippen molar-refractivity contribution in [3.05, 3.63) is 73.1 Å². The zero-order valence-corrected chi connectivity index (χ0v) is 19.7. The van der Waals surface area contributed by atoms with E-state index in [1.54, 1.807) is 0 Å². The summed E-state index contributed by atoms with van der Waals surface area (Å²) in [7, 11) is 0. The van der Waals surface area contributed by atoms with Crippen molar-refractivity contribution in [1.29, 1.82) is 0 Å². The molecule has 0 saturated carbocycles. The molecule has 6 heteroatoms. The van der Waals surface area contributed by atoms with Crippen LogP contribution in [-0.4, -0.2) is 33.7 Å². The SMILES string of the molecule is Cc1nn(C2C=C(Cl)C(I)=CC2)c(C)c1Cc1ccc(C(=O)N2CCCC2)cc1. The Kier molecular flexibility index (Phi) is 6.16. The molecule has 1 amide bonds. The Balaban J connectivity index is 1.51. The second kappa shape index (κ2) is 8.64. The van der Waals surface area contributed by atoms with Crippen molar-refractivity contribution in [1.82, 2.24) is 14.7 Å². The summed E-state index contributed by atoms with van der Waals surface area (Å²) in [6.07, 6.45) is 8.20. The molecule has 0 bridgehead atoms. The van der Waals surface area contributed by atoms with Crippen LogP contribution in [-0.2, 0) is 6.42 Å². The summed E-state index contributed by atoms with van der Waals surface area (Å²) in [5.74, 6) is 0.151. The standard InChI is InChI=1S/C23H25ClIN3O/c1-15-20(16(2)28(26-15)19-9-10-22(25)21(24)14-19)13-17-5-7-18(8-6-17)23(29)27-11-3-4-12-27/h5-8,10,14,19H,3-4,9,11-13H2,1-2H3. The van der Waals surface area contributed by atoms with Gasteiger partial charge in [-0.1, -0.05) is 29.8 Å². The number of amides is 1. The van der Waals surface area contributed by atoms with E-state index in [2.05, 4.69) is 65.4 Å². The Morgan fingerprint density at radius 1 is 1.21 bits per heavy atom. The van der Waals surface area contributed by atoms with Crippen LogP contribution in [0.25, 0.3) is 0 Å².